The molecule has 0 aliphatic heterocycles. The Balaban J connectivity index is 3.05. The van der Waals surface area contributed by atoms with Crippen molar-refractivity contribution >= 4 is 0 Å². The molecule has 0 fully saturated rings. The summed E-state index contributed by atoms with van der Waals surface area (Å²) in [4.78, 5) is 0. The van der Waals surface area contributed by atoms with Gasteiger partial charge in [0.1, 0.15) is 0 Å². The standard InChI is InChI=1S/C11H16O2/c1-8(2)9-5-6-10(12-3)11(7-9)13-4/h5-8H,1-4H3. The van der Waals surface area contributed by atoms with E-state index in [0.29, 0.717) is 5.92 Å². The van der Waals surface area contributed by atoms with Crippen LogP contribution in [-0.4, -0.2) is 14.2 Å². The van der Waals surface area contributed by atoms with Gasteiger partial charge in [0.15, 0.2) is 11.5 Å². The Morgan fingerprint density at radius 3 is 2.08 bits per heavy atom. The van der Waals surface area contributed by atoms with Crippen molar-refractivity contribution in [1.82, 2.24) is 0 Å². The molecule has 72 valence electrons. The summed E-state index contributed by atoms with van der Waals surface area (Å²) >= 11 is 0. The molecule has 0 saturated carbocycles. The van der Waals surface area contributed by atoms with E-state index in [1.54, 1.807) is 14.2 Å². The topological polar surface area (TPSA) is 18.5 Å². The number of methoxy groups -OCH3 is 2. The van der Waals surface area contributed by atoms with E-state index in [4.69, 9.17) is 9.47 Å². The summed E-state index contributed by atoms with van der Waals surface area (Å²) in [7, 11) is 3.30. The summed E-state index contributed by atoms with van der Waals surface area (Å²) in [6, 6.07) is 6.02. The molecule has 2 heteroatoms. The SMILES string of the molecule is COc1ccc(C(C)C)cc1OC. The van der Waals surface area contributed by atoms with Gasteiger partial charge in [0, 0.05) is 0 Å². The molecule has 0 spiro atoms. The fourth-order valence-electron chi connectivity index (χ4n) is 1.21. The van der Waals surface area contributed by atoms with Gasteiger partial charge in [0.2, 0.25) is 0 Å². The van der Waals surface area contributed by atoms with Crippen LogP contribution in [-0.2, 0) is 0 Å². The van der Waals surface area contributed by atoms with E-state index in [9.17, 15) is 0 Å². The molecule has 0 radical (unpaired) electrons. The van der Waals surface area contributed by atoms with E-state index in [1.807, 2.05) is 12.1 Å². The van der Waals surface area contributed by atoms with Crippen molar-refractivity contribution in [3.63, 3.8) is 0 Å². The first-order valence-electron chi connectivity index (χ1n) is 4.41. The van der Waals surface area contributed by atoms with Gasteiger partial charge < -0.3 is 9.47 Å². The number of hydrogen-bond donors (Lipinski definition) is 0. The minimum Gasteiger partial charge on any atom is -0.493 e. The van der Waals surface area contributed by atoms with Gasteiger partial charge in [-0.1, -0.05) is 19.9 Å². The van der Waals surface area contributed by atoms with Crippen LogP contribution in [0.15, 0.2) is 18.2 Å². The monoisotopic (exact) mass is 180 g/mol. The Bertz CT molecular complexity index is 279. The van der Waals surface area contributed by atoms with Crippen molar-refractivity contribution in [3.05, 3.63) is 23.8 Å². The Morgan fingerprint density at radius 1 is 1.00 bits per heavy atom. The zero-order valence-corrected chi connectivity index (χ0v) is 8.63. The zero-order valence-electron chi connectivity index (χ0n) is 8.63. The summed E-state index contributed by atoms with van der Waals surface area (Å²) in [6.07, 6.45) is 0. The van der Waals surface area contributed by atoms with Gasteiger partial charge in [-0.05, 0) is 23.6 Å². The Hall–Kier alpha value is -1.18. The molecule has 1 rings (SSSR count). The molecule has 0 N–H and O–H groups in total. The summed E-state index contributed by atoms with van der Waals surface area (Å²) < 4.78 is 10.3. The molecule has 1 aromatic rings. The van der Waals surface area contributed by atoms with E-state index in [-0.39, 0.29) is 0 Å². The molecule has 0 aliphatic rings. The normalized spacial score (nSPS) is 10.2. The van der Waals surface area contributed by atoms with Crippen LogP contribution >= 0.6 is 0 Å². The van der Waals surface area contributed by atoms with Crippen LogP contribution in [0.2, 0.25) is 0 Å². The Morgan fingerprint density at radius 2 is 1.62 bits per heavy atom. The predicted molar refractivity (Wildman–Crippen MR) is 53.6 cm³/mol. The smallest absolute Gasteiger partial charge is 0.160 e. The van der Waals surface area contributed by atoms with Crippen molar-refractivity contribution in [3.8, 4) is 11.5 Å². The highest BCUT2D eigenvalue weighted by molar-refractivity contribution is 5.43. The van der Waals surface area contributed by atoms with Crippen molar-refractivity contribution in [2.24, 2.45) is 0 Å². The van der Waals surface area contributed by atoms with Crippen LogP contribution in [0, 0.1) is 0 Å². The van der Waals surface area contributed by atoms with Crippen LogP contribution in [0.3, 0.4) is 0 Å². The molecule has 13 heavy (non-hydrogen) atoms. The summed E-state index contributed by atoms with van der Waals surface area (Å²) in [5.41, 5.74) is 1.26. The van der Waals surface area contributed by atoms with Gasteiger partial charge in [-0.15, -0.1) is 0 Å². The quantitative estimate of drug-likeness (QED) is 0.712. The fourth-order valence-corrected chi connectivity index (χ4v) is 1.21. The highest BCUT2D eigenvalue weighted by atomic mass is 16.5. The molecule has 0 aliphatic carbocycles. The molecular weight excluding hydrogens is 164 g/mol. The first-order chi connectivity index (χ1) is 6.19. The molecule has 0 heterocycles. The third-order valence-electron chi connectivity index (χ3n) is 2.07. The molecule has 2 nitrogen and oxygen atoms in total. The molecule has 0 unspecified atom stereocenters. The molecule has 0 bridgehead atoms. The number of rotatable bonds is 3. The third kappa shape index (κ3) is 2.14. The van der Waals surface area contributed by atoms with Crippen molar-refractivity contribution in [2.45, 2.75) is 19.8 Å². The van der Waals surface area contributed by atoms with E-state index >= 15 is 0 Å². The maximum Gasteiger partial charge on any atom is 0.160 e. The van der Waals surface area contributed by atoms with Crippen molar-refractivity contribution in [1.29, 1.82) is 0 Å². The maximum absolute atomic E-state index is 5.20. The molecule has 0 atom stereocenters. The number of ether oxygens (including phenoxy) is 2. The molecule has 0 amide bonds. The van der Waals surface area contributed by atoms with Crippen molar-refractivity contribution in [2.75, 3.05) is 14.2 Å². The fraction of sp³-hybridized carbons (Fsp3) is 0.455. The lowest BCUT2D eigenvalue weighted by Crippen LogP contribution is -1.93. The summed E-state index contributed by atoms with van der Waals surface area (Å²) in [6.45, 7) is 4.31. The van der Waals surface area contributed by atoms with E-state index in [1.165, 1.54) is 5.56 Å². The van der Waals surface area contributed by atoms with Crippen LogP contribution < -0.4 is 9.47 Å². The van der Waals surface area contributed by atoms with E-state index in [0.717, 1.165) is 11.5 Å². The highest BCUT2D eigenvalue weighted by Crippen LogP contribution is 2.30. The molecule has 0 aromatic heterocycles. The predicted octanol–water partition coefficient (Wildman–Crippen LogP) is 2.83. The number of benzene rings is 1. The maximum atomic E-state index is 5.20. The minimum absolute atomic E-state index is 0.514. The lowest BCUT2D eigenvalue weighted by molar-refractivity contribution is 0.354. The first kappa shape index (κ1) is 9.90. The van der Waals surface area contributed by atoms with Crippen LogP contribution in [0.25, 0.3) is 0 Å². The lowest BCUT2D eigenvalue weighted by atomic mass is 10.0. The Kier molecular flexibility index (Phi) is 3.18. The van der Waals surface area contributed by atoms with Gasteiger partial charge in [-0.25, -0.2) is 0 Å². The first-order valence-corrected chi connectivity index (χ1v) is 4.41. The van der Waals surface area contributed by atoms with Crippen molar-refractivity contribution < 1.29 is 9.47 Å². The molecule has 0 saturated heterocycles. The van der Waals surface area contributed by atoms with E-state index < -0.39 is 0 Å². The average Bonchev–Trinajstić information content (AvgIpc) is 2.16. The van der Waals surface area contributed by atoms with Gasteiger partial charge in [-0.3, -0.25) is 0 Å². The summed E-state index contributed by atoms with van der Waals surface area (Å²) in [5, 5.41) is 0. The number of hydrogen-bond acceptors (Lipinski definition) is 2. The minimum atomic E-state index is 0.514. The van der Waals surface area contributed by atoms with E-state index in [2.05, 4.69) is 19.9 Å². The van der Waals surface area contributed by atoms with Crippen LogP contribution in [0.1, 0.15) is 25.3 Å². The summed E-state index contributed by atoms with van der Waals surface area (Å²) in [5.74, 6) is 2.10. The second-order valence-corrected chi connectivity index (χ2v) is 3.27. The lowest BCUT2D eigenvalue weighted by Gasteiger charge is -2.11. The van der Waals surface area contributed by atoms with Crippen LogP contribution in [0.5, 0.6) is 11.5 Å². The molecular formula is C11H16O2. The average molecular weight is 180 g/mol. The largest absolute Gasteiger partial charge is 0.493 e. The Labute approximate surface area is 79.5 Å². The highest BCUT2D eigenvalue weighted by Gasteiger charge is 2.06. The van der Waals surface area contributed by atoms with Crippen LogP contribution in [0.4, 0.5) is 0 Å². The second-order valence-electron chi connectivity index (χ2n) is 3.27. The van der Waals surface area contributed by atoms with Gasteiger partial charge in [0.05, 0.1) is 14.2 Å². The zero-order chi connectivity index (χ0) is 9.84. The third-order valence-corrected chi connectivity index (χ3v) is 2.07. The molecule has 1 aromatic carbocycles. The van der Waals surface area contributed by atoms with Gasteiger partial charge >= 0.3 is 0 Å². The van der Waals surface area contributed by atoms with Gasteiger partial charge in [-0.2, -0.15) is 0 Å². The second kappa shape index (κ2) is 4.17. The van der Waals surface area contributed by atoms with Gasteiger partial charge in [0.25, 0.3) is 0 Å².